The summed E-state index contributed by atoms with van der Waals surface area (Å²) in [5.41, 5.74) is 0. The number of aliphatic hydroxyl groups excluding tert-OH is 1. The summed E-state index contributed by atoms with van der Waals surface area (Å²) in [4.78, 5) is 4.06. The number of rotatable bonds is 2. The Hall–Kier alpha value is -2.28. The average Bonchev–Trinajstić information content (AvgIpc) is 2.32. The minimum Gasteiger partial charge on any atom is -0.428 e. The Labute approximate surface area is 95.2 Å². The van der Waals surface area contributed by atoms with E-state index in [9.17, 15) is 10.4 Å². The number of hydrogen-bond donors (Lipinski definition) is 4. The van der Waals surface area contributed by atoms with Crippen molar-refractivity contribution in [1.82, 2.24) is 9.46 Å². The predicted octanol–water partition coefficient (Wildman–Crippen LogP) is -1.14. The quantitative estimate of drug-likeness (QED) is 0.495. The summed E-state index contributed by atoms with van der Waals surface area (Å²) in [5, 5.41) is 36.5. The second kappa shape index (κ2) is 4.30. The van der Waals surface area contributed by atoms with Gasteiger partial charge in [0.2, 0.25) is 0 Å². The highest BCUT2D eigenvalue weighted by molar-refractivity contribution is 5.04. The van der Waals surface area contributed by atoms with Crippen LogP contribution in [0, 0.1) is 16.1 Å². The number of nitrogens with zero attached hydrogens (tertiary/aromatic N) is 3. The van der Waals surface area contributed by atoms with Crippen LogP contribution in [0.15, 0.2) is 29.5 Å². The highest BCUT2D eigenvalue weighted by Gasteiger charge is 2.02. The molecule has 0 unspecified atom stereocenters. The van der Waals surface area contributed by atoms with Crippen LogP contribution in [0.5, 0.6) is 0 Å². The van der Waals surface area contributed by atoms with Crippen molar-refractivity contribution < 1.29 is 15.5 Å². The van der Waals surface area contributed by atoms with Crippen LogP contribution < -0.4 is 10.7 Å². The van der Waals surface area contributed by atoms with Gasteiger partial charge in [-0.15, -0.1) is 0 Å². The first-order chi connectivity index (χ1) is 8.15. The predicted molar refractivity (Wildman–Crippen MR) is 55.5 cm³/mol. The van der Waals surface area contributed by atoms with Crippen LogP contribution >= 0.6 is 0 Å². The zero-order chi connectivity index (χ0) is 12.4. The molecule has 2 aliphatic rings. The maximum Gasteiger partial charge on any atom is 0.134 e. The molecule has 90 valence electrons. The van der Waals surface area contributed by atoms with Crippen LogP contribution in [0.4, 0.5) is 0 Å². The Bertz CT molecular complexity index is 716. The van der Waals surface area contributed by atoms with Crippen molar-refractivity contribution in [3.8, 4) is 0 Å². The molecule has 0 saturated carbocycles. The third-order valence-electron chi connectivity index (χ3n) is 2.32. The Balaban J connectivity index is 3.04. The van der Waals surface area contributed by atoms with Gasteiger partial charge < -0.3 is 15.5 Å². The fourth-order valence-corrected chi connectivity index (χ4v) is 1.60. The van der Waals surface area contributed by atoms with Crippen LogP contribution in [0.3, 0.4) is 0 Å². The number of aliphatic hydroxyl groups is 1. The number of aromatic nitrogens is 2. The van der Waals surface area contributed by atoms with E-state index in [-0.39, 0.29) is 29.2 Å². The van der Waals surface area contributed by atoms with Crippen LogP contribution in [-0.2, 0) is 0 Å². The van der Waals surface area contributed by atoms with E-state index in [4.69, 9.17) is 10.5 Å². The van der Waals surface area contributed by atoms with Gasteiger partial charge in [0.15, 0.2) is 0 Å². The van der Waals surface area contributed by atoms with E-state index in [1.807, 2.05) is 0 Å². The van der Waals surface area contributed by atoms with Gasteiger partial charge in [-0.3, -0.25) is 10.4 Å². The molecule has 17 heavy (non-hydrogen) atoms. The molecule has 0 aromatic rings. The van der Waals surface area contributed by atoms with Crippen molar-refractivity contribution in [2.24, 2.45) is 4.99 Å². The van der Waals surface area contributed by atoms with E-state index in [0.29, 0.717) is 5.36 Å². The fourth-order valence-electron chi connectivity index (χ4n) is 1.60. The van der Waals surface area contributed by atoms with Gasteiger partial charge in [-0.1, -0.05) is 0 Å². The lowest BCUT2D eigenvalue weighted by molar-refractivity contribution is 0.142. The van der Waals surface area contributed by atoms with Crippen LogP contribution in [-0.4, -0.2) is 38.1 Å². The first-order valence-electron chi connectivity index (χ1n) is 4.96. The molecule has 0 spiro atoms. The van der Waals surface area contributed by atoms with Gasteiger partial charge in [-0.2, -0.15) is 9.46 Å². The summed E-state index contributed by atoms with van der Waals surface area (Å²) >= 11 is 0. The van der Waals surface area contributed by atoms with E-state index in [1.165, 1.54) is 18.5 Å². The second-order valence-corrected chi connectivity index (χ2v) is 3.42. The molecule has 0 radical (unpaired) electrons. The maximum atomic E-state index is 9.69. The smallest absolute Gasteiger partial charge is 0.134 e. The number of hydrogen-bond acceptors (Lipinski definition) is 5. The molecular formula is C10H12N4O3. The fraction of sp³-hybridized carbons (Fsp3) is 0.200. The molecule has 4 N–H and O–H groups in total. The Morgan fingerprint density at radius 1 is 1.12 bits per heavy atom. The number of nitrogens with one attached hydrogen (secondary N) is 1. The second-order valence-electron chi connectivity index (χ2n) is 3.42. The monoisotopic (exact) mass is 236 g/mol. The summed E-state index contributed by atoms with van der Waals surface area (Å²) in [6, 6.07) is 3.01. The SMILES string of the molecule is N=c1ccc(=NCCO)c2n(O)ccn(O)c1=2. The highest BCUT2D eigenvalue weighted by atomic mass is 16.5. The van der Waals surface area contributed by atoms with Crippen molar-refractivity contribution in [2.75, 3.05) is 13.2 Å². The zero-order valence-electron chi connectivity index (χ0n) is 8.91. The minimum atomic E-state index is -0.110. The summed E-state index contributed by atoms with van der Waals surface area (Å²) in [6.45, 7) is 0.0777. The molecule has 0 aromatic heterocycles. The van der Waals surface area contributed by atoms with Gasteiger partial charge in [0.25, 0.3) is 0 Å². The van der Waals surface area contributed by atoms with Gasteiger partial charge in [0.1, 0.15) is 10.7 Å². The molecule has 0 aromatic carbocycles. The molecule has 1 aliphatic carbocycles. The van der Waals surface area contributed by atoms with E-state index in [1.54, 1.807) is 6.07 Å². The molecule has 0 fully saturated rings. The average molecular weight is 236 g/mol. The van der Waals surface area contributed by atoms with Crippen molar-refractivity contribution in [2.45, 2.75) is 0 Å². The topological polar surface area (TPSA) is 107 Å². The van der Waals surface area contributed by atoms with Gasteiger partial charge in [-0.05, 0) is 12.1 Å². The van der Waals surface area contributed by atoms with Gasteiger partial charge in [-0.25, -0.2) is 0 Å². The molecule has 0 amide bonds. The lowest BCUT2D eigenvalue weighted by Crippen LogP contribution is -2.23. The molecule has 0 saturated heterocycles. The van der Waals surface area contributed by atoms with Crippen molar-refractivity contribution in [3.05, 3.63) is 45.9 Å². The molecule has 0 bridgehead atoms. The van der Waals surface area contributed by atoms with Crippen LogP contribution in [0.1, 0.15) is 0 Å². The van der Waals surface area contributed by atoms with Crippen LogP contribution in [0.25, 0.3) is 0 Å². The molecule has 1 heterocycles. The van der Waals surface area contributed by atoms with Crippen molar-refractivity contribution in [3.63, 3.8) is 0 Å². The third-order valence-corrected chi connectivity index (χ3v) is 2.32. The molecule has 0 atom stereocenters. The Morgan fingerprint density at radius 2 is 1.76 bits per heavy atom. The standard InChI is InChI=1S/C10H12N4O3/c11-7-1-2-8(12-3-6-15)10-9(7)13(16)4-5-14(10)17/h1-2,4-5,11,15-17H,3,6H2. The summed E-state index contributed by atoms with van der Waals surface area (Å²) in [7, 11) is 0. The van der Waals surface area contributed by atoms with Crippen molar-refractivity contribution in [1.29, 1.82) is 5.41 Å². The summed E-state index contributed by atoms with van der Waals surface area (Å²) in [6.07, 6.45) is 2.45. The Morgan fingerprint density at radius 3 is 2.41 bits per heavy atom. The Kier molecular flexibility index (Phi) is 2.84. The van der Waals surface area contributed by atoms with E-state index >= 15 is 0 Å². The molecule has 7 nitrogen and oxygen atoms in total. The molecule has 7 heteroatoms. The molecular weight excluding hydrogens is 224 g/mol. The van der Waals surface area contributed by atoms with Crippen molar-refractivity contribution >= 4 is 0 Å². The van der Waals surface area contributed by atoms with Gasteiger partial charge >= 0.3 is 0 Å². The van der Waals surface area contributed by atoms with E-state index in [2.05, 4.69) is 4.99 Å². The molecule has 1 aliphatic heterocycles. The summed E-state index contributed by atoms with van der Waals surface area (Å²) < 4.78 is 1.54. The maximum absolute atomic E-state index is 9.69. The zero-order valence-corrected chi connectivity index (χ0v) is 8.91. The van der Waals surface area contributed by atoms with Gasteiger partial charge in [0, 0.05) is 0 Å². The molecule has 2 rings (SSSR count). The van der Waals surface area contributed by atoms with E-state index < -0.39 is 0 Å². The normalized spacial score (nSPS) is 12.2. The largest absolute Gasteiger partial charge is 0.428 e. The third kappa shape index (κ3) is 1.87. The lowest BCUT2D eigenvalue weighted by atomic mass is 10.3. The highest BCUT2D eigenvalue weighted by Crippen LogP contribution is 1.89. The van der Waals surface area contributed by atoms with Gasteiger partial charge in [0.05, 0.1) is 36.3 Å². The summed E-state index contributed by atoms with van der Waals surface area (Å²) in [5.74, 6) is 0. The minimum absolute atomic E-state index is 0.0637. The lowest BCUT2D eigenvalue weighted by Gasteiger charge is -2.05. The van der Waals surface area contributed by atoms with Crippen LogP contribution in [0.2, 0.25) is 0 Å². The van der Waals surface area contributed by atoms with E-state index in [0.717, 1.165) is 9.46 Å². The first kappa shape index (κ1) is 11.2. The first-order valence-corrected chi connectivity index (χ1v) is 4.96.